The van der Waals surface area contributed by atoms with Crippen LogP contribution >= 0.6 is 0 Å². The summed E-state index contributed by atoms with van der Waals surface area (Å²) in [7, 11) is 0. The zero-order valence-electron chi connectivity index (χ0n) is 7.73. The number of hydrogen-bond acceptors (Lipinski definition) is 2. The molecule has 0 aromatic heterocycles. The van der Waals surface area contributed by atoms with E-state index >= 15 is 0 Å². The van der Waals surface area contributed by atoms with Crippen LogP contribution in [0.2, 0.25) is 0 Å². The summed E-state index contributed by atoms with van der Waals surface area (Å²) < 4.78 is 0. The smallest absolute Gasteiger partial charge is 0.335 e. The van der Waals surface area contributed by atoms with Gasteiger partial charge in [-0.3, -0.25) is 0 Å². The largest absolute Gasteiger partial charge is 0.508 e. The molecule has 74 valence electrons. The normalized spacial score (nSPS) is 15.4. The summed E-state index contributed by atoms with van der Waals surface area (Å²) in [6, 6.07) is 4.45. The van der Waals surface area contributed by atoms with Crippen LogP contribution in [0.5, 0.6) is 5.75 Å². The van der Waals surface area contributed by atoms with Gasteiger partial charge in [0.05, 0.1) is 5.56 Å². The van der Waals surface area contributed by atoms with Crippen molar-refractivity contribution in [2.24, 2.45) is 5.92 Å². The van der Waals surface area contributed by atoms with Gasteiger partial charge in [0.15, 0.2) is 0 Å². The van der Waals surface area contributed by atoms with Gasteiger partial charge < -0.3 is 10.2 Å². The molecule has 0 radical (unpaired) electrons. The van der Waals surface area contributed by atoms with E-state index in [0.29, 0.717) is 5.92 Å². The molecule has 0 atom stereocenters. The van der Waals surface area contributed by atoms with Crippen LogP contribution < -0.4 is 0 Å². The molecular weight excluding hydrogens is 180 g/mol. The Bertz CT molecular complexity index is 367. The Morgan fingerprint density at radius 3 is 2.71 bits per heavy atom. The van der Waals surface area contributed by atoms with Crippen molar-refractivity contribution < 1.29 is 15.0 Å². The maximum atomic E-state index is 10.7. The van der Waals surface area contributed by atoms with E-state index in [1.807, 2.05) is 0 Å². The first-order chi connectivity index (χ1) is 6.66. The van der Waals surface area contributed by atoms with Crippen molar-refractivity contribution in [3.8, 4) is 5.75 Å². The highest BCUT2D eigenvalue weighted by Gasteiger charge is 2.23. The molecule has 2 rings (SSSR count). The predicted octanol–water partition coefficient (Wildman–Crippen LogP) is 2.04. The molecule has 3 heteroatoms. The van der Waals surface area contributed by atoms with Gasteiger partial charge in [-0.2, -0.15) is 0 Å². The van der Waals surface area contributed by atoms with Crippen LogP contribution in [-0.2, 0) is 6.42 Å². The molecule has 1 saturated carbocycles. The third-order valence-corrected chi connectivity index (χ3v) is 2.53. The van der Waals surface area contributed by atoms with Gasteiger partial charge >= 0.3 is 5.97 Å². The van der Waals surface area contributed by atoms with Gasteiger partial charge in [0.2, 0.25) is 0 Å². The minimum Gasteiger partial charge on any atom is -0.508 e. The molecule has 0 heterocycles. The third-order valence-electron chi connectivity index (χ3n) is 2.53. The van der Waals surface area contributed by atoms with Crippen molar-refractivity contribution in [1.82, 2.24) is 0 Å². The molecule has 0 bridgehead atoms. The second-order valence-corrected chi connectivity index (χ2v) is 3.80. The number of carboxylic acid groups (broad SMARTS) is 1. The van der Waals surface area contributed by atoms with E-state index in [1.54, 1.807) is 6.07 Å². The molecule has 2 N–H and O–H groups in total. The van der Waals surface area contributed by atoms with E-state index in [4.69, 9.17) is 5.11 Å². The van der Waals surface area contributed by atoms with Crippen LogP contribution in [0.15, 0.2) is 18.2 Å². The topological polar surface area (TPSA) is 57.5 Å². The lowest BCUT2D eigenvalue weighted by Crippen LogP contribution is -1.98. The van der Waals surface area contributed by atoms with Gasteiger partial charge in [-0.15, -0.1) is 0 Å². The SMILES string of the molecule is O=C(O)c1ccc(O)c(CC2CC2)c1. The highest BCUT2D eigenvalue weighted by molar-refractivity contribution is 5.88. The molecule has 1 fully saturated rings. The van der Waals surface area contributed by atoms with E-state index in [2.05, 4.69) is 0 Å². The summed E-state index contributed by atoms with van der Waals surface area (Å²) in [5, 5.41) is 18.3. The maximum absolute atomic E-state index is 10.7. The molecule has 1 aromatic carbocycles. The fourth-order valence-electron chi connectivity index (χ4n) is 1.52. The Morgan fingerprint density at radius 2 is 2.14 bits per heavy atom. The first-order valence-corrected chi connectivity index (χ1v) is 4.72. The van der Waals surface area contributed by atoms with E-state index < -0.39 is 5.97 Å². The van der Waals surface area contributed by atoms with Crippen molar-refractivity contribution >= 4 is 5.97 Å². The summed E-state index contributed by atoms with van der Waals surface area (Å²) in [4.78, 5) is 10.7. The van der Waals surface area contributed by atoms with E-state index in [1.165, 1.54) is 25.0 Å². The summed E-state index contributed by atoms with van der Waals surface area (Å²) in [6.45, 7) is 0. The van der Waals surface area contributed by atoms with Crippen molar-refractivity contribution in [2.45, 2.75) is 19.3 Å². The molecule has 14 heavy (non-hydrogen) atoms. The minimum absolute atomic E-state index is 0.210. The van der Waals surface area contributed by atoms with Gasteiger partial charge in [0, 0.05) is 0 Å². The fourth-order valence-corrected chi connectivity index (χ4v) is 1.52. The first kappa shape index (κ1) is 9.06. The average Bonchev–Trinajstić information content (AvgIpc) is 2.92. The molecule has 0 aliphatic heterocycles. The van der Waals surface area contributed by atoms with Crippen molar-refractivity contribution in [1.29, 1.82) is 0 Å². The summed E-state index contributed by atoms with van der Waals surface area (Å²) in [5.41, 5.74) is 1.01. The number of aromatic hydroxyl groups is 1. The maximum Gasteiger partial charge on any atom is 0.335 e. The Hall–Kier alpha value is -1.51. The second kappa shape index (κ2) is 3.33. The van der Waals surface area contributed by atoms with Gasteiger partial charge in [0.1, 0.15) is 5.75 Å². The Labute approximate surface area is 82.0 Å². The predicted molar refractivity (Wildman–Crippen MR) is 51.5 cm³/mol. The molecule has 1 aromatic rings. The molecule has 1 aliphatic rings. The minimum atomic E-state index is -0.943. The first-order valence-electron chi connectivity index (χ1n) is 4.72. The van der Waals surface area contributed by atoms with Gasteiger partial charge in [0.25, 0.3) is 0 Å². The fraction of sp³-hybridized carbons (Fsp3) is 0.364. The van der Waals surface area contributed by atoms with Crippen LogP contribution in [-0.4, -0.2) is 16.2 Å². The number of benzene rings is 1. The van der Waals surface area contributed by atoms with Crippen LogP contribution in [0.1, 0.15) is 28.8 Å². The van der Waals surface area contributed by atoms with Crippen LogP contribution in [0.3, 0.4) is 0 Å². The Morgan fingerprint density at radius 1 is 1.43 bits per heavy atom. The number of phenolic OH excluding ortho intramolecular Hbond substituents is 1. The quantitative estimate of drug-likeness (QED) is 0.770. The van der Waals surface area contributed by atoms with E-state index in [9.17, 15) is 9.90 Å². The molecule has 0 spiro atoms. The van der Waals surface area contributed by atoms with E-state index in [-0.39, 0.29) is 11.3 Å². The highest BCUT2D eigenvalue weighted by atomic mass is 16.4. The lowest BCUT2D eigenvalue weighted by atomic mass is 10.0. The second-order valence-electron chi connectivity index (χ2n) is 3.80. The zero-order chi connectivity index (χ0) is 10.1. The van der Waals surface area contributed by atoms with Crippen molar-refractivity contribution in [3.63, 3.8) is 0 Å². The standard InChI is InChI=1S/C11H12O3/c12-10-4-3-8(11(13)14)6-9(10)5-7-1-2-7/h3-4,6-7,12H,1-2,5H2,(H,13,14). The van der Waals surface area contributed by atoms with Crippen molar-refractivity contribution in [2.75, 3.05) is 0 Å². The molecule has 0 amide bonds. The number of phenols is 1. The van der Waals surface area contributed by atoms with Gasteiger partial charge in [-0.25, -0.2) is 4.79 Å². The molecule has 1 aliphatic carbocycles. The Kier molecular flexibility index (Phi) is 2.15. The van der Waals surface area contributed by atoms with Gasteiger partial charge in [-0.1, -0.05) is 0 Å². The lowest BCUT2D eigenvalue weighted by Gasteiger charge is -2.04. The number of aromatic carboxylic acids is 1. The third kappa shape index (κ3) is 1.87. The number of carbonyl (C=O) groups is 1. The summed E-state index contributed by atoms with van der Waals surface area (Å²) >= 11 is 0. The number of rotatable bonds is 3. The highest BCUT2D eigenvalue weighted by Crippen LogP contribution is 2.35. The molecular formula is C11H12O3. The molecule has 3 nitrogen and oxygen atoms in total. The van der Waals surface area contributed by atoms with Crippen molar-refractivity contribution in [3.05, 3.63) is 29.3 Å². The number of hydrogen-bond donors (Lipinski definition) is 2. The molecule has 0 saturated heterocycles. The number of carboxylic acids is 1. The zero-order valence-corrected chi connectivity index (χ0v) is 7.73. The molecule has 0 unspecified atom stereocenters. The van der Waals surface area contributed by atoms with Crippen LogP contribution in [0, 0.1) is 5.92 Å². The summed E-state index contributed by atoms with van der Waals surface area (Å²) in [6.07, 6.45) is 3.18. The van der Waals surface area contributed by atoms with E-state index in [0.717, 1.165) is 12.0 Å². The van der Waals surface area contributed by atoms with Gasteiger partial charge in [-0.05, 0) is 48.9 Å². The average molecular weight is 192 g/mol. The summed E-state index contributed by atoms with van der Waals surface area (Å²) in [5.74, 6) is -0.0890. The van der Waals surface area contributed by atoms with Crippen LogP contribution in [0.4, 0.5) is 0 Å². The monoisotopic (exact) mass is 192 g/mol. The lowest BCUT2D eigenvalue weighted by molar-refractivity contribution is 0.0696. The Balaban J connectivity index is 2.26. The van der Waals surface area contributed by atoms with Crippen LogP contribution in [0.25, 0.3) is 0 Å².